The van der Waals surface area contributed by atoms with Gasteiger partial charge < -0.3 is 9.80 Å². The van der Waals surface area contributed by atoms with E-state index in [-0.39, 0.29) is 17.0 Å². The maximum atomic E-state index is 13.6. The molecule has 0 N–H and O–H groups in total. The van der Waals surface area contributed by atoms with E-state index in [1.165, 1.54) is 5.56 Å². The van der Waals surface area contributed by atoms with Crippen molar-refractivity contribution in [2.75, 3.05) is 24.7 Å². The van der Waals surface area contributed by atoms with Crippen molar-refractivity contribution in [3.05, 3.63) is 117 Å². The summed E-state index contributed by atoms with van der Waals surface area (Å²) in [4.78, 5) is 33.8. The van der Waals surface area contributed by atoms with Gasteiger partial charge in [-0.15, -0.1) is 0 Å². The van der Waals surface area contributed by atoms with Crippen molar-refractivity contribution in [1.82, 2.24) is 19.2 Å². The van der Waals surface area contributed by atoms with E-state index in [2.05, 4.69) is 93.3 Å². The molecule has 1 aromatic heterocycles. The fraction of sp³-hybridized carbons (Fsp3) is 0.421. The van der Waals surface area contributed by atoms with Crippen molar-refractivity contribution in [3.8, 4) is 0 Å². The van der Waals surface area contributed by atoms with E-state index in [0.717, 1.165) is 55.0 Å². The first-order valence-corrected chi connectivity index (χ1v) is 17.3. The van der Waals surface area contributed by atoms with Crippen molar-refractivity contribution in [3.63, 3.8) is 0 Å². The molecule has 0 atom stereocenters. The number of para-hydroxylation sites is 1. The van der Waals surface area contributed by atoms with Crippen LogP contribution in [0, 0.1) is 6.92 Å². The number of hydrogen-bond donors (Lipinski definition) is 0. The quantitative estimate of drug-likeness (QED) is 0.215. The Morgan fingerprint density at radius 1 is 0.957 bits per heavy atom. The van der Waals surface area contributed by atoms with Crippen molar-refractivity contribution in [2.24, 2.45) is 7.05 Å². The van der Waals surface area contributed by atoms with E-state index in [1.54, 1.807) is 4.68 Å². The Bertz CT molecular complexity index is 1590. The molecule has 5 rings (SSSR count). The lowest BCUT2D eigenvalue weighted by molar-refractivity contribution is -0.137. The van der Waals surface area contributed by atoms with Gasteiger partial charge in [-0.1, -0.05) is 92.3 Å². The minimum Gasteiger partial charge on any atom is -0.347 e. The number of aromatic nitrogens is 2. The molecule has 246 valence electrons. The Balaban J connectivity index is 0.00000235. The van der Waals surface area contributed by atoms with Crippen molar-refractivity contribution < 1.29 is 4.79 Å². The van der Waals surface area contributed by atoms with Crippen molar-refractivity contribution >= 4 is 33.2 Å². The van der Waals surface area contributed by atoms with Crippen molar-refractivity contribution in [1.29, 1.82) is 0 Å². The molecule has 8 heteroatoms. The zero-order valence-electron chi connectivity index (χ0n) is 28.4. The molecule has 1 amide bonds. The van der Waals surface area contributed by atoms with Crippen LogP contribution in [0.4, 0.5) is 5.69 Å². The van der Waals surface area contributed by atoms with E-state index < -0.39 is 0 Å². The van der Waals surface area contributed by atoms with Gasteiger partial charge in [-0.2, -0.15) is 0 Å². The molecule has 2 aliphatic rings. The molecule has 0 saturated carbocycles. The molecule has 0 radical (unpaired) electrons. The maximum Gasteiger partial charge on any atom is 0.285 e. The van der Waals surface area contributed by atoms with Gasteiger partial charge in [0.2, 0.25) is 5.91 Å². The number of likely N-dealkylation sites (tertiary alicyclic amines) is 1. The van der Waals surface area contributed by atoms with Crippen LogP contribution in [0.3, 0.4) is 0 Å². The van der Waals surface area contributed by atoms with Gasteiger partial charge in [-0.05, 0) is 73.7 Å². The molecule has 7 nitrogen and oxygen atoms in total. The third-order valence-electron chi connectivity index (χ3n) is 9.09. The highest BCUT2D eigenvalue weighted by Crippen LogP contribution is 2.40. The monoisotopic (exact) mass is 687 g/mol. The molecule has 3 heterocycles. The Kier molecular flexibility index (Phi) is 12.5. The van der Waals surface area contributed by atoms with Gasteiger partial charge in [0.15, 0.2) is 0 Å². The van der Waals surface area contributed by atoms with Gasteiger partial charge in [0.1, 0.15) is 4.47 Å². The second kappa shape index (κ2) is 16.3. The van der Waals surface area contributed by atoms with E-state index in [9.17, 15) is 9.59 Å². The molecule has 0 aliphatic carbocycles. The molecular weight excluding hydrogens is 638 g/mol. The van der Waals surface area contributed by atoms with Crippen LogP contribution >= 0.6 is 15.9 Å². The zero-order valence-corrected chi connectivity index (χ0v) is 30.0. The molecule has 3 aromatic rings. The average molecular weight is 689 g/mol. The van der Waals surface area contributed by atoms with Crippen LogP contribution in [0.25, 0.3) is 5.70 Å². The highest BCUT2D eigenvalue weighted by molar-refractivity contribution is 9.10. The van der Waals surface area contributed by atoms with Crippen LogP contribution in [0.1, 0.15) is 70.2 Å². The molecule has 0 bridgehead atoms. The lowest BCUT2D eigenvalue weighted by atomic mass is 9.80. The van der Waals surface area contributed by atoms with Crippen LogP contribution in [0.5, 0.6) is 0 Å². The van der Waals surface area contributed by atoms with E-state index in [0.29, 0.717) is 30.7 Å². The van der Waals surface area contributed by atoms with E-state index in [4.69, 9.17) is 0 Å². The van der Waals surface area contributed by atoms with Crippen LogP contribution in [0.15, 0.2) is 94.2 Å². The number of rotatable bonds is 9. The smallest absolute Gasteiger partial charge is 0.285 e. The molecule has 2 saturated heterocycles. The second-order valence-electron chi connectivity index (χ2n) is 12.1. The normalized spacial score (nSPS) is 17.3. The standard InChI is InChI=1S/C36H44BrN5O2.C2H6/c1-5-6-7-8-10-13-29(3)42-35(44)34(37)32(38(42)4)26-39-22-20-36(21-23-39)24-33(43)40(25-30-18-16-28(2)17-19-30)27-41(36)31-14-11-9-12-15-31;1-2/h5-9,11-19H,10,20-27H2,1-4H3;1-2H3/b6-5-,8-7?,29-13+;. The fourth-order valence-electron chi connectivity index (χ4n) is 6.47. The first-order chi connectivity index (χ1) is 22.2. The number of carbonyl (C=O) groups is 1. The number of benzene rings is 2. The molecule has 2 aromatic carbocycles. The van der Waals surface area contributed by atoms with Gasteiger partial charge in [0.25, 0.3) is 5.56 Å². The highest BCUT2D eigenvalue weighted by atomic mass is 79.9. The lowest BCUT2D eigenvalue weighted by Gasteiger charge is -2.54. The Labute approximate surface area is 283 Å². The zero-order chi connectivity index (χ0) is 33.3. The lowest BCUT2D eigenvalue weighted by Crippen LogP contribution is -2.64. The second-order valence-corrected chi connectivity index (χ2v) is 12.9. The van der Waals surface area contributed by atoms with E-state index >= 15 is 0 Å². The minimum absolute atomic E-state index is 0.0380. The first-order valence-electron chi connectivity index (χ1n) is 16.5. The summed E-state index contributed by atoms with van der Waals surface area (Å²) in [6.07, 6.45) is 13.2. The van der Waals surface area contributed by atoms with Crippen LogP contribution in [-0.4, -0.2) is 50.4 Å². The van der Waals surface area contributed by atoms with Gasteiger partial charge in [-0.3, -0.25) is 19.2 Å². The highest BCUT2D eigenvalue weighted by Gasteiger charge is 2.46. The van der Waals surface area contributed by atoms with Gasteiger partial charge in [0, 0.05) is 44.6 Å². The van der Waals surface area contributed by atoms with Gasteiger partial charge >= 0.3 is 0 Å². The van der Waals surface area contributed by atoms with Crippen LogP contribution < -0.4 is 10.5 Å². The molecule has 2 aliphatic heterocycles. The van der Waals surface area contributed by atoms with E-state index in [1.807, 2.05) is 68.6 Å². The number of nitrogens with zero attached hydrogens (tertiary/aromatic N) is 5. The van der Waals surface area contributed by atoms with Crippen molar-refractivity contribution in [2.45, 2.75) is 78.9 Å². The molecule has 0 unspecified atom stereocenters. The number of halogens is 1. The molecular formula is C38H50BrN5O2. The number of allylic oxidation sites excluding steroid dienone is 6. The summed E-state index contributed by atoms with van der Waals surface area (Å²) in [5, 5.41) is 0. The van der Waals surface area contributed by atoms with Crippen LogP contribution in [-0.2, 0) is 24.9 Å². The number of piperidine rings is 1. The minimum atomic E-state index is -0.229. The van der Waals surface area contributed by atoms with Gasteiger partial charge in [-0.25, -0.2) is 4.68 Å². The SMILES string of the molecule is C/C=C\C=CC/C=C(\C)n1c(=O)c(Br)c(CN2CCC3(CC2)CC(=O)N(Cc2ccc(C)cc2)CN3c2ccccc2)n1C.CC. The maximum absolute atomic E-state index is 13.6. The van der Waals surface area contributed by atoms with Gasteiger partial charge in [0.05, 0.1) is 24.3 Å². The number of carbonyl (C=O) groups excluding carboxylic acids is 1. The summed E-state index contributed by atoms with van der Waals surface area (Å²) in [6, 6.07) is 19.0. The third kappa shape index (κ3) is 8.02. The largest absolute Gasteiger partial charge is 0.347 e. The Morgan fingerprint density at radius 2 is 1.63 bits per heavy atom. The molecule has 1 spiro atoms. The number of amides is 1. The topological polar surface area (TPSA) is 53.7 Å². The summed E-state index contributed by atoms with van der Waals surface area (Å²) in [5.74, 6) is 0.219. The summed E-state index contributed by atoms with van der Waals surface area (Å²) < 4.78 is 4.33. The molecule has 46 heavy (non-hydrogen) atoms. The summed E-state index contributed by atoms with van der Waals surface area (Å²) in [5.41, 5.74) is 5.14. The predicted octanol–water partition coefficient (Wildman–Crippen LogP) is 7.90. The summed E-state index contributed by atoms with van der Waals surface area (Å²) >= 11 is 3.62. The summed E-state index contributed by atoms with van der Waals surface area (Å²) in [7, 11) is 1.96. The third-order valence-corrected chi connectivity index (χ3v) is 9.88. The summed E-state index contributed by atoms with van der Waals surface area (Å²) in [6.45, 7) is 13.6. The number of aryl methyl sites for hydroxylation is 1. The Hall–Kier alpha value is -3.62. The fourth-order valence-corrected chi connectivity index (χ4v) is 7.02. The predicted molar refractivity (Wildman–Crippen MR) is 195 cm³/mol. The molecule has 2 fully saturated rings. The first kappa shape index (κ1) is 35.2. The number of hydrogen-bond acceptors (Lipinski definition) is 4. The number of anilines is 1. The van der Waals surface area contributed by atoms with Crippen LogP contribution in [0.2, 0.25) is 0 Å². The Morgan fingerprint density at radius 3 is 2.28 bits per heavy atom. The average Bonchev–Trinajstić information content (AvgIpc) is 3.28.